The number of aliphatic carboxylic acids is 1. The minimum atomic E-state index is -1.15. The lowest BCUT2D eigenvalue weighted by Crippen LogP contribution is -2.48. The molecule has 0 saturated heterocycles. The van der Waals surface area contributed by atoms with Crippen molar-refractivity contribution in [2.24, 2.45) is 0 Å². The Morgan fingerprint density at radius 3 is 2.50 bits per heavy atom. The number of amides is 1. The molecule has 0 saturated carbocycles. The molecule has 0 aliphatic rings. The third kappa shape index (κ3) is 3.26. The quantitative estimate of drug-likeness (QED) is 0.888. The average Bonchev–Trinajstić information content (AvgIpc) is 2.24. The third-order valence-electron chi connectivity index (χ3n) is 2.35. The summed E-state index contributed by atoms with van der Waals surface area (Å²) in [5.41, 5.74) is -0.897. The van der Waals surface area contributed by atoms with Crippen LogP contribution in [0.1, 0.15) is 31.1 Å². The summed E-state index contributed by atoms with van der Waals surface area (Å²) in [5.74, 6) is -2.57. The number of aromatic nitrogens is 1. The molecule has 0 unspecified atom stereocenters. The molecular formula is C12H15FN2O3. The zero-order chi connectivity index (χ0) is 13.9. The van der Waals surface area contributed by atoms with Crippen molar-refractivity contribution < 1.29 is 19.1 Å². The average molecular weight is 254 g/mol. The number of hydrogen-bond acceptors (Lipinski definition) is 3. The number of halogens is 1. The Balaban J connectivity index is 3.11. The molecular weight excluding hydrogens is 239 g/mol. The van der Waals surface area contributed by atoms with Gasteiger partial charge in [-0.15, -0.1) is 0 Å². The predicted molar refractivity (Wildman–Crippen MR) is 62.6 cm³/mol. The normalized spacial score (nSPS) is 11.1. The second-order valence-corrected chi connectivity index (χ2v) is 4.81. The summed E-state index contributed by atoms with van der Waals surface area (Å²) < 4.78 is 13.5. The second-order valence-electron chi connectivity index (χ2n) is 4.81. The maximum atomic E-state index is 13.5. The smallest absolute Gasteiger partial charge is 0.323 e. The van der Waals surface area contributed by atoms with E-state index in [9.17, 15) is 14.0 Å². The van der Waals surface area contributed by atoms with E-state index in [2.05, 4.69) is 4.98 Å². The fraction of sp³-hybridized carbons (Fsp3) is 0.417. The Labute approximate surface area is 104 Å². The first kappa shape index (κ1) is 14.1. The van der Waals surface area contributed by atoms with Crippen LogP contribution in [0.2, 0.25) is 0 Å². The van der Waals surface area contributed by atoms with E-state index in [0.29, 0.717) is 0 Å². The van der Waals surface area contributed by atoms with Crippen molar-refractivity contribution in [3.8, 4) is 0 Å². The highest BCUT2D eigenvalue weighted by Crippen LogP contribution is 2.18. The van der Waals surface area contributed by atoms with Crippen LogP contribution in [-0.4, -0.2) is 39.0 Å². The Morgan fingerprint density at radius 2 is 2.06 bits per heavy atom. The summed E-state index contributed by atoms with van der Waals surface area (Å²) in [6.07, 6.45) is 2.22. The van der Waals surface area contributed by atoms with E-state index in [0.717, 1.165) is 11.1 Å². The van der Waals surface area contributed by atoms with Crippen molar-refractivity contribution in [3.05, 3.63) is 29.8 Å². The van der Waals surface area contributed by atoms with Crippen molar-refractivity contribution in [1.82, 2.24) is 9.88 Å². The van der Waals surface area contributed by atoms with Crippen LogP contribution in [0.5, 0.6) is 0 Å². The predicted octanol–water partition coefficient (Wildman–Crippen LogP) is 1.55. The molecule has 18 heavy (non-hydrogen) atoms. The van der Waals surface area contributed by atoms with Gasteiger partial charge in [-0.05, 0) is 26.8 Å². The van der Waals surface area contributed by atoms with Crippen LogP contribution in [0.15, 0.2) is 18.5 Å². The van der Waals surface area contributed by atoms with Gasteiger partial charge in [0.2, 0.25) is 0 Å². The number of carbonyl (C=O) groups is 2. The summed E-state index contributed by atoms with van der Waals surface area (Å²) in [6, 6.07) is 1.23. The molecule has 0 aliphatic heterocycles. The highest BCUT2D eigenvalue weighted by Gasteiger charge is 2.30. The van der Waals surface area contributed by atoms with E-state index >= 15 is 0 Å². The summed E-state index contributed by atoms with van der Waals surface area (Å²) in [5, 5.41) is 8.81. The minimum Gasteiger partial charge on any atom is -0.480 e. The first-order chi connectivity index (χ1) is 8.23. The molecule has 1 aromatic rings. The van der Waals surface area contributed by atoms with Gasteiger partial charge in [0.25, 0.3) is 5.91 Å². The molecule has 1 N–H and O–H groups in total. The van der Waals surface area contributed by atoms with Gasteiger partial charge >= 0.3 is 5.97 Å². The summed E-state index contributed by atoms with van der Waals surface area (Å²) in [7, 11) is 0. The number of carboxylic acids is 1. The molecule has 0 atom stereocenters. The number of hydrogen-bond donors (Lipinski definition) is 1. The summed E-state index contributed by atoms with van der Waals surface area (Å²) >= 11 is 0. The Morgan fingerprint density at radius 1 is 1.44 bits per heavy atom. The van der Waals surface area contributed by atoms with Crippen LogP contribution in [0.3, 0.4) is 0 Å². The SMILES string of the molecule is CC(C)(C)N(CC(=O)O)C(=O)c1ccncc1F. The molecule has 0 aliphatic carbocycles. The molecule has 1 heterocycles. The minimum absolute atomic E-state index is 0.179. The molecule has 6 heteroatoms. The first-order valence-corrected chi connectivity index (χ1v) is 5.36. The van der Waals surface area contributed by atoms with Crippen LogP contribution < -0.4 is 0 Å². The topological polar surface area (TPSA) is 70.5 Å². The third-order valence-corrected chi connectivity index (χ3v) is 2.35. The first-order valence-electron chi connectivity index (χ1n) is 5.36. The number of pyridine rings is 1. The van der Waals surface area contributed by atoms with Gasteiger partial charge in [0.1, 0.15) is 6.54 Å². The number of rotatable bonds is 3. The van der Waals surface area contributed by atoms with Gasteiger partial charge in [-0.25, -0.2) is 4.39 Å². The fourth-order valence-corrected chi connectivity index (χ4v) is 1.44. The molecule has 0 fully saturated rings. The van der Waals surface area contributed by atoms with Crippen molar-refractivity contribution in [2.45, 2.75) is 26.3 Å². The van der Waals surface area contributed by atoms with Gasteiger partial charge in [0, 0.05) is 11.7 Å². The Hall–Kier alpha value is -1.98. The molecule has 1 aromatic heterocycles. The van der Waals surface area contributed by atoms with Crippen molar-refractivity contribution in [2.75, 3.05) is 6.54 Å². The molecule has 0 radical (unpaired) electrons. The number of carbonyl (C=O) groups excluding carboxylic acids is 1. The van der Waals surface area contributed by atoms with Crippen LogP contribution >= 0.6 is 0 Å². The maximum absolute atomic E-state index is 13.5. The van der Waals surface area contributed by atoms with E-state index in [-0.39, 0.29) is 5.56 Å². The molecule has 5 nitrogen and oxygen atoms in total. The van der Waals surface area contributed by atoms with Crippen LogP contribution in [0, 0.1) is 5.82 Å². The van der Waals surface area contributed by atoms with Crippen LogP contribution in [0.4, 0.5) is 4.39 Å². The van der Waals surface area contributed by atoms with Crippen molar-refractivity contribution in [1.29, 1.82) is 0 Å². The van der Waals surface area contributed by atoms with Gasteiger partial charge in [0.15, 0.2) is 5.82 Å². The summed E-state index contributed by atoms with van der Waals surface area (Å²) in [4.78, 5) is 27.6. The molecule has 0 spiro atoms. The van der Waals surface area contributed by atoms with E-state index in [1.54, 1.807) is 20.8 Å². The zero-order valence-corrected chi connectivity index (χ0v) is 10.5. The van der Waals surface area contributed by atoms with E-state index in [1.807, 2.05) is 0 Å². The number of nitrogens with zero attached hydrogens (tertiary/aromatic N) is 2. The second kappa shape index (κ2) is 5.12. The lowest BCUT2D eigenvalue weighted by atomic mass is 10.0. The lowest BCUT2D eigenvalue weighted by molar-refractivity contribution is -0.138. The van der Waals surface area contributed by atoms with E-state index in [4.69, 9.17) is 5.11 Å². The largest absolute Gasteiger partial charge is 0.480 e. The Kier molecular flexibility index (Phi) is 4.00. The van der Waals surface area contributed by atoms with Crippen LogP contribution in [-0.2, 0) is 4.79 Å². The lowest BCUT2D eigenvalue weighted by Gasteiger charge is -2.34. The van der Waals surface area contributed by atoms with Gasteiger partial charge < -0.3 is 10.0 Å². The fourth-order valence-electron chi connectivity index (χ4n) is 1.44. The molecule has 0 aromatic carbocycles. The number of carboxylic acid groups (broad SMARTS) is 1. The highest BCUT2D eigenvalue weighted by atomic mass is 19.1. The molecule has 1 amide bonds. The monoisotopic (exact) mass is 254 g/mol. The summed E-state index contributed by atoms with van der Waals surface area (Å²) in [6.45, 7) is 4.58. The Bertz CT molecular complexity index is 469. The van der Waals surface area contributed by atoms with Gasteiger partial charge in [-0.2, -0.15) is 0 Å². The van der Waals surface area contributed by atoms with Gasteiger partial charge in [-0.1, -0.05) is 0 Å². The van der Waals surface area contributed by atoms with Gasteiger partial charge in [-0.3, -0.25) is 14.6 Å². The van der Waals surface area contributed by atoms with Crippen LogP contribution in [0.25, 0.3) is 0 Å². The zero-order valence-electron chi connectivity index (χ0n) is 10.5. The molecule has 98 valence electrons. The van der Waals surface area contributed by atoms with Crippen molar-refractivity contribution >= 4 is 11.9 Å². The van der Waals surface area contributed by atoms with E-state index < -0.39 is 29.8 Å². The maximum Gasteiger partial charge on any atom is 0.323 e. The standard InChI is InChI=1S/C12H15FN2O3/c1-12(2,3)15(7-10(16)17)11(18)8-4-5-14-6-9(8)13/h4-6H,7H2,1-3H3,(H,16,17). The van der Waals surface area contributed by atoms with Crippen molar-refractivity contribution in [3.63, 3.8) is 0 Å². The van der Waals surface area contributed by atoms with Gasteiger partial charge in [0.05, 0.1) is 11.8 Å². The highest BCUT2D eigenvalue weighted by molar-refractivity contribution is 5.96. The molecule has 0 bridgehead atoms. The molecule has 1 rings (SSSR count). The van der Waals surface area contributed by atoms with E-state index in [1.165, 1.54) is 12.3 Å².